The summed E-state index contributed by atoms with van der Waals surface area (Å²) in [6, 6.07) is 12.8. The number of carbonyl (C=O) groups excluding carboxylic acids is 6. The Kier molecular flexibility index (Phi) is 17.0. The van der Waals surface area contributed by atoms with Crippen LogP contribution < -0.4 is 37.6 Å². The van der Waals surface area contributed by atoms with E-state index < -0.39 is 84.0 Å². The Morgan fingerprint density at radius 1 is 0.706 bits per heavy atom. The van der Waals surface area contributed by atoms with Crippen molar-refractivity contribution in [1.29, 1.82) is 0 Å². The lowest BCUT2D eigenvalue weighted by molar-refractivity contribution is -0.142. The molecule has 2 saturated heterocycles. The Bertz CT molecular complexity index is 2260. The van der Waals surface area contributed by atoms with Crippen molar-refractivity contribution in [3.05, 3.63) is 60.7 Å². The number of benzene rings is 2. The number of carbonyl (C=O) groups is 6. The molecule has 4 bridgehead atoms. The number of aromatic nitrogens is 2. The minimum Gasteiger partial charge on any atom is -0.391 e. The van der Waals surface area contributed by atoms with E-state index in [-0.39, 0.29) is 52.4 Å². The molecular formula is C45H57N11O10S2. The summed E-state index contributed by atoms with van der Waals surface area (Å²) in [6.45, 7) is 0.995. The summed E-state index contributed by atoms with van der Waals surface area (Å²) < 4.78 is 11.8. The molecule has 2 aromatic carbocycles. The number of nitrogens with zero attached hydrogens (tertiary/aromatic N) is 4. The first kappa shape index (κ1) is 50.1. The van der Waals surface area contributed by atoms with Crippen LogP contribution in [-0.4, -0.2) is 168 Å². The van der Waals surface area contributed by atoms with E-state index in [0.717, 1.165) is 22.7 Å². The molecule has 23 heteroatoms. The molecule has 21 nitrogen and oxygen atoms in total. The predicted molar refractivity (Wildman–Crippen MR) is 254 cm³/mol. The van der Waals surface area contributed by atoms with Gasteiger partial charge in [-0.05, 0) is 33.9 Å². The maximum Gasteiger partial charge on any atom is 0.252 e. The Hall–Kier alpha value is -5.76. The van der Waals surface area contributed by atoms with Crippen LogP contribution in [-0.2, 0) is 38.2 Å². The molecule has 8 atom stereocenters. The van der Waals surface area contributed by atoms with Crippen LogP contribution in [0.15, 0.2) is 60.7 Å². The number of hydrogen-bond acceptors (Lipinski definition) is 17. The lowest BCUT2D eigenvalue weighted by atomic mass is 10.1. The lowest BCUT2D eigenvalue weighted by Crippen LogP contribution is -2.58. The van der Waals surface area contributed by atoms with Gasteiger partial charge in [0.25, 0.3) is 5.91 Å². The molecular weight excluding hydrogens is 919 g/mol. The van der Waals surface area contributed by atoms with Crippen molar-refractivity contribution < 1.29 is 48.5 Å². The quantitative estimate of drug-likeness (QED) is 0.107. The van der Waals surface area contributed by atoms with Crippen LogP contribution >= 0.6 is 22.7 Å². The van der Waals surface area contributed by atoms with Crippen molar-refractivity contribution in [1.82, 2.24) is 41.0 Å². The molecule has 5 heterocycles. The molecule has 4 aromatic rings. The fourth-order valence-electron chi connectivity index (χ4n) is 7.96. The van der Waals surface area contributed by atoms with Gasteiger partial charge in [0.2, 0.25) is 29.5 Å². The number of amides is 6. The normalized spacial score (nSPS) is 24.3. The summed E-state index contributed by atoms with van der Waals surface area (Å²) >= 11 is 2.24. The third-order valence-corrected chi connectivity index (χ3v) is 13.9. The second kappa shape index (κ2) is 23.0. The number of aliphatic hydroxyl groups excluding tert-OH is 2. The summed E-state index contributed by atoms with van der Waals surface area (Å²) in [5.41, 5.74) is 8.05. The van der Waals surface area contributed by atoms with Crippen molar-refractivity contribution in [3.63, 3.8) is 0 Å². The number of nitrogens with two attached hydrogens (primary N) is 1. The molecule has 3 aliphatic rings. The monoisotopic (exact) mass is 975 g/mol. The summed E-state index contributed by atoms with van der Waals surface area (Å²) in [6.07, 6.45) is -2.55. The van der Waals surface area contributed by atoms with Crippen LogP contribution in [0.5, 0.6) is 0 Å². The number of thiazole rings is 2. The van der Waals surface area contributed by atoms with Gasteiger partial charge in [-0.15, -0.1) is 0 Å². The van der Waals surface area contributed by atoms with Crippen molar-refractivity contribution in [2.45, 2.75) is 81.2 Å². The lowest BCUT2D eigenvalue weighted by Gasteiger charge is -2.29. The van der Waals surface area contributed by atoms with E-state index in [1.54, 1.807) is 14.0 Å². The maximum absolute atomic E-state index is 14.4. The molecule has 3 aliphatic heterocycles. The van der Waals surface area contributed by atoms with Gasteiger partial charge in [0.1, 0.15) is 51.7 Å². The summed E-state index contributed by atoms with van der Waals surface area (Å²) in [7, 11) is 3.08. The van der Waals surface area contributed by atoms with E-state index in [2.05, 4.69) is 31.9 Å². The topological polar surface area (TPSA) is 292 Å². The van der Waals surface area contributed by atoms with Crippen molar-refractivity contribution in [2.24, 2.45) is 5.73 Å². The number of anilines is 2. The zero-order chi connectivity index (χ0) is 48.5. The minimum atomic E-state index is -1.28. The number of likely N-dealkylation sites (N-methyl/N-ethyl adjacent to an activating group) is 2. The number of hydrogen-bond donors (Lipinski definition) is 9. The van der Waals surface area contributed by atoms with Crippen molar-refractivity contribution in [3.8, 4) is 32.5 Å². The highest BCUT2D eigenvalue weighted by molar-refractivity contribution is 7.25. The van der Waals surface area contributed by atoms with E-state index in [4.69, 9.17) is 25.2 Å². The zero-order valence-electron chi connectivity index (χ0n) is 37.8. The number of nitrogens with one attached hydrogen (secondary N) is 6. The first-order valence-electron chi connectivity index (χ1n) is 22.3. The van der Waals surface area contributed by atoms with Gasteiger partial charge >= 0.3 is 0 Å². The molecule has 0 unspecified atom stereocenters. The smallest absolute Gasteiger partial charge is 0.252 e. The van der Waals surface area contributed by atoms with Crippen LogP contribution in [0.3, 0.4) is 0 Å². The highest BCUT2D eigenvalue weighted by atomic mass is 32.1. The average molecular weight is 976 g/mol. The van der Waals surface area contributed by atoms with Gasteiger partial charge in [-0.3, -0.25) is 34.1 Å². The van der Waals surface area contributed by atoms with Gasteiger partial charge in [-0.2, -0.15) is 0 Å². The predicted octanol–water partition coefficient (Wildman–Crippen LogP) is 0.310. The summed E-state index contributed by atoms with van der Waals surface area (Å²) in [5.74, 6) is -3.64. The Morgan fingerprint density at radius 3 is 1.54 bits per heavy atom. The molecule has 0 spiro atoms. The average Bonchev–Trinajstić information content (AvgIpc) is 4.15. The van der Waals surface area contributed by atoms with Gasteiger partial charge in [0.15, 0.2) is 10.0 Å². The van der Waals surface area contributed by atoms with Gasteiger partial charge in [0.05, 0.1) is 31.5 Å². The first-order valence-corrected chi connectivity index (χ1v) is 24.0. The van der Waals surface area contributed by atoms with E-state index in [1.807, 2.05) is 60.7 Å². The highest BCUT2D eigenvalue weighted by Crippen LogP contribution is 2.44. The molecule has 10 N–H and O–H groups in total. The number of rotatable bonds is 8. The Labute approximate surface area is 400 Å². The second-order valence-corrected chi connectivity index (χ2v) is 18.7. The SMILES string of the molecule is CN[C@@H](C)C(=O)N[C@H]1COCCCCOC[C@H](NC(=O)[C@H](N)NC)C(=O)N2C[C@@H](O)C[C@H]2C(=O)Nc2sc(nc2-c2ccccc2)-c2nc(-c3ccccc3)c(s2)NC(=O)[C@@H]2C[C@H](O)CN2C1=O. The fraction of sp³-hybridized carbons (Fsp3) is 0.467. The molecule has 7 rings (SSSR count). The van der Waals surface area contributed by atoms with E-state index in [9.17, 15) is 39.0 Å². The third kappa shape index (κ3) is 11.9. The molecule has 2 fully saturated rings. The summed E-state index contributed by atoms with van der Waals surface area (Å²) in [5, 5.41) is 40.0. The largest absolute Gasteiger partial charge is 0.391 e. The molecule has 364 valence electrons. The van der Waals surface area contributed by atoms with Crippen molar-refractivity contribution >= 4 is 68.1 Å². The van der Waals surface area contributed by atoms with Crippen LogP contribution in [0, 0.1) is 0 Å². The third-order valence-electron chi connectivity index (χ3n) is 11.8. The van der Waals surface area contributed by atoms with E-state index in [1.165, 1.54) is 16.8 Å². The van der Waals surface area contributed by atoms with Crippen LogP contribution in [0.1, 0.15) is 32.6 Å². The number of ether oxygens (including phenoxy) is 2. The van der Waals surface area contributed by atoms with Gasteiger partial charge in [0, 0.05) is 50.3 Å². The van der Waals surface area contributed by atoms with Gasteiger partial charge in [-0.1, -0.05) is 83.3 Å². The maximum atomic E-state index is 14.4. The Balaban J connectivity index is 1.27. The van der Waals surface area contributed by atoms with Crippen LogP contribution in [0.4, 0.5) is 10.0 Å². The minimum absolute atomic E-state index is 0.0673. The molecule has 68 heavy (non-hydrogen) atoms. The Morgan fingerprint density at radius 2 is 1.13 bits per heavy atom. The molecule has 0 radical (unpaired) electrons. The number of fused-ring (bicyclic) bond motifs is 7. The highest BCUT2D eigenvalue weighted by Gasteiger charge is 2.44. The van der Waals surface area contributed by atoms with Crippen LogP contribution in [0.25, 0.3) is 32.5 Å². The molecule has 2 aromatic heterocycles. The fourth-order valence-corrected chi connectivity index (χ4v) is 9.96. The van der Waals surface area contributed by atoms with Gasteiger partial charge in [-0.25, -0.2) is 9.97 Å². The van der Waals surface area contributed by atoms with Crippen LogP contribution in [0.2, 0.25) is 0 Å². The van der Waals surface area contributed by atoms with E-state index >= 15 is 0 Å². The van der Waals surface area contributed by atoms with Crippen molar-refractivity contribution in [2.75, 3.05) is 64.2 Å². The molecule has 0 saturated carbocycles. The second-order valence-electron chi connectivity index (χ2n) is 16.7. The number of aliphatic hydroxyl groups is 2. The molecule has 6 amide bonds. The van der Waals surface area contributed by atoms with E-state index in [0.29, 0.717) is 55.4 Å². The first-order chi connectivity index (χ1) is 32.8. The standard InChI is InChI=1S/C45H57N11O10S2/c1-24(47-2)36(59)49-29-22-65-16-10-11-17-66-23-30(50-39(62)35(46)48-3)45(64)56-21-28(58)19-32(56)38(61)54-41-34(26-14-8-5-9-15-26)52-43(68-41)42-51-33(25-12-6-4-7-13-25)40(67-42)53-37(60)31-18-27(57)20-55(31)44(29)63/h4-9,12-15,24,27-32,35,47-48,57-58H,10-11,16-23,46H2,1-3H3,(H,49,59)(H,50,62)(H,53,60)(H,54,61)/t24-,27-,28-,29-,30-,31-,32-,35+/m0/s1. The molecule has 0 aliphatic carbocycles. The summed E-state index contributed by atoms with van der Waals surface area (Å²) in [4.78, 5) is 95.9. The zero-order valence-corrected chi connectivity index (χ0v) is 39.4. The van der Waals surface area contributed by atoms with Gasteiger partial charge < -0.3 is 61.8 Å².